The molecule has 2 N–H and O–H groups in total. The van der Waals surface area contributed by atoms with E-state index >= 15 is 0 Å². The first-order chi connectivity index (χ1) is 7.09. The van der Waals surface area contributed by atoms with Gasteiger partial charge in [0.1, 0.15) is 0 Å². The topological polar surface area (TPSA) is 53.1 Å². The maximum absolute atomic E-state index is 10.7. The van der Waals surface area contributed by atoms with Gasteiger partial charge >= 0.3 is 5.97 Å². The van der Waals surface area contributed by atoms with Crippen LogP contribution in [0.3, 0.4) is 0 Å². The number of carboxylic acids is 1. The van der Waals surface area contributed by atoms with Crippen LogP contribution >= 0.6 is 0 Å². The van der Waals surface area contributed by atoms with Crippen LogP contribution in [-0.4, -0.2) is 16.1 Å². The van der Waals surface area contributed by atoms with Crippen molar-refractivity contribution in [1.82, 2.24) is 4.98 Å². The van der Waals surface area contributed by atoms with Gasteiger partial charge in [-0.1, -0.05) is 6.07 Å². The smallest absolute Gasteiger partial charge is 0.307 e. The van der Waals surface area contributed by atoms with Crippen molar-refractivity contribution in [1.29, 1.82) is 0 Å². The summed E-state index contributed by atoms with van der Waals surface area (Å²) in [5.41, 5.74) is 4.14. The molecule has 0 bridgehead atoms. The Hall–Kier alpha value is -1.77. The van der Waals surface area contributed by atoms with E-state index in [9.17, 15) is 4.79 Å². The number of aromatic amines is 1. The van der Waals surface area contributed by atoms with Gasteiger partial charge in [-0.3, -0.25) is 4.79 Å². The largest absolute Gasteiger partial charge is 0.481 e. The van der Waals surface area contributed by atoms with E-state index in [0.29, 0.717) is 0 Å². The van der Waals surface area contributed by atoms with Gasteiger partial charge in [-0.15, -0.1) is 0 Å². The van der Waals surface area contributed by atoms with E-state index in [4.69, 9.17) is 5.11 Å². The van der Waals surface area contributed by atoms with Gasteiger partial charge in [0.2, 0.25) is 0 Å². The summed E-state index contributed by atoms with van der Waals surface area (Å²) < 4.78 is 0. The summed E-state index contributed by atoms with van der Waals surface area (Å²) in [6, 6.07) is 3.94. The van der Waals surface area contributed by atoms with Crippen LogP contribution in [0, 0.1) is 13.8 Å². The molecule has 0 aliphatic heterocycles. The SMILES string of the molecule is Cc1c(CC(=O)O)cc(C)c2[nH]ccc12. The molecule has 0 spiro atoms. The molecule has 0 aliphatic carbocycles. The van der Waals surface area contributed by atoms with Crippen LogP contribution < -0.4 is 0 Å². The number of rotatable bonds is 2. The van der Waals surface area contributed by atoms with Crippen molar-refractivity contribution in [3.05, 3.63) is 35.0 Å². The highest BCUT2D eigenvalue weighted by atomic mass is 16.4. The number of hydrogen-bond acceptors (Lipinski definition) is 1. The summed E-state index contributed by atoms with van der Waals surface area (Å²) in [5.74, 6) is -0.785. The number of H-pyrrole nitrogens is 1. The van der Waals surface area contributed by atoms with E-state index in [1.165, 1.54) is 0 Å². The van der Waals surface area contributed by atoms with Crippen LogP contribution in [0.25, 0.3) is 10.9 Å². The predicted molar refractivity (Wildman–Crippen MR) is 59.1 cm³/mol. The average molecular weight is 203 g/mol. The zero-order valence-electron chi connectivity index (χ0n) is 8.79. The van der Waals surface area contributed by atoms with Crippen molar-refractivity contribution >= 4 is 16.9 Å². The summed E-state index contributed by atoms with van der Waals surface area (Å²) >= 11 is 0. The van der Waals surface area contributed by atoms with Crippen LogP contribution in [0.1, 0.15) is 16.7 Å². The Balaban J connectivity index is 2.65. The third kappa shape index (κ3) is 1.61. The van der Waals surface area contributed by atoms with Gasteiger partial charge in [-0.05, 0) is 36.6 Å². The Kier molecular flexibility index (Phi) is 2.23. The molecule has 0 saturated carbocycles. The van der Waals surface area contributed by atoms with Gasteiger partial charge in [0.05, 0.1) is 6.42 Å². The standard InChI is InChI=1S/C12H13NO2/c1-7-5-9(6-11(14)15)8(2)10-3-4-13-12(7)10/h3-5,13H,6H2,1-2H3,(H,14,15). The first-order valence-electron chi connectivity index (χ1n) is 4.87. The maximum atomic E-state index is 10.7. The number of carbonyl (C=O) groups is 1. The molecule has 0 fully saturated rings. The highest BCUT2D eigenvalue weighted by molar-refractivity contribution is 5.88. The molecule has 2 rings (SSSR count). The molecule has 0 unspecified atom stereocenters. The zero-order valence-corrected chi connectivity index (χ0v) is 8.79. The molecule has 3 nitrogen and oxygen atoms in total. The summed E-state index contributed by atoms with van der Waals surface area (Å²) in [6.45, 7) is 3.96. The molecule has 0 amide bonds. The van der Waals surface area contributed by atoms with Crippen molar-refractivity contribution in [2.24, 2.45) is 0 Å². The van der Waals surface area contributed by atoms with Gasteiger partial charge < -0.3 is 10.1 Å². The van der Waals surface area contributed by atoms with Crippen LogP contribution in [0.4, 0.5) is 0 Å². The van der Waals surface area contributed by atoms with Crippen molar-refractivity contribution in [2.75, 3.05) is 0 Å². The van der Waals surface area contributed by atoms with Crippen LogP contribution in [0.5, 0.6) is 0 Å². The normalized spacial score (nSPS) is 10.8. The fourth-order valence-corrected chi connectivity index (χ4v) is 1.97. The van der Waals surface area contributed by atoms with Crippen molar-refractivity contribution in [2.45, 2.75) is 20.3 Å². The lowest BCUT2D eigenvalue weighted by Gasteiger charge is -2.07. The lowest BCUT2D eigenvalue weighted by atomic mass is 9.99. The van der Waals surface area contributed by atoms with E-state index in [0.717, 1.165) is 27.6 Å². The Morgan fingerprint density at radius 1 is 1.47 bits per heavy atom. The molecule has 0 saturated heterocycles. The quantitative estimate of drug-likeness (QED) is 0.787. The Morgan fingerprint density at radius 2 is 2.20 bits per heavy atom. The number of nitrogens with one attached hydrogen (secondary N) is 1. The molecule has 1 aromatic carbocycles. The molecular formula is C12H13NO2. The second-order valence-corrected chi connectivity index (χ2v) is 3.81. The number of benzene rings is 1. The second kappa shape index (κ2) is 3.42. The van der Waals surface area contributed by atoms with Gasteiger partial charge in [0.15, 0.2) is 0 Å². The maximum Gasteiger partial charge on any atom is 0.307 e. The van der Waals surface area contributed by atoms with E-state index in [2.05, 4.69) is 4.98 Å². The monoisotopic (exact) mass is 203 g/mol. The molecule has 78 valence electrons. The third-order valence-electron chi connectivity index (χ3n) is 2.76. The minimum absolute atomic E-state index is 0.0911. The highest BCUT2D eigenvalue weighted by Gasteiger charge is 2.09. The van der Waals surface area contributed by atoms with Gasteiger partial charge in [0, 0.05) is 17.1 Å². The number of aliphatic carboxylic acids is 1. The number of aromatic nitrogens is 1. The number of carboxylic acid groups (broad SMARTS) is 1. The van der Waals surface area contributed by atoms with Crippen molar-refractivity contribution in [3.8, 4) is 0 Å². The first kappa shape index (κ1) is 9.77. The number of fused-ring (bicyclic) bond motifs is 1. The fourth-order valence-electron chi connectivity index (χ4n) is 1.97. The molecule has 2 aromatic rings. The summed E-state index contributed by atoms with van der Waals surface area (Å²) in [5, 5.41) is 9.91. The van der Waals surface area contributed by atoms with E-state index in [1.54, 1.807) is 0 Å². The lowest BCUT2D eigenvalue weighted by Crippen LogP contribution is -2.02. The first-order valence-corrected chi connectivity index (χ1v) is 4.87. The molecular weight excluding hydrogens is 190 g/mol. The molecule has 0 radical (unpaired) electrons. The molecule has 0 atom stereocenters. The van der Waals surface area contributed by atoms with Crippen LogP contribution in [0.2, 0.25) is 0 Å². The minimum Gasteiger partial charge on any atom is -0.481 e. The fraction of sp³-hybridized carbons (Fsp3) is 0.250. The van der Waals surface area contributed by atoms with Crippen molar-refractivity contribution < 1.29 is 9.90 Å². The van der Waals surface area contributed by atoms with E-state index in [1.807, 2.05) is 32.2 Å². The van der Waals surface area contributed by atoms with E-state index in [-0.39, 0.29) is 6.42 Å². The van der Waals surface area contributed by atoms with Crippen LogP contribution in [-0.2, 0) is 11.2 Å². The Bertz CT molecular complexity index is 526. The zero-order chi connectivity index (χ0) is 11.0. The predicted octanol–water partition coefficient (Wildman–Crippen LogP) is 2.41. The molecule has 1 aromatic heterocycles. The summed E-state index contributed by atoms with van der Waals surface area (Å²) in [6.07, 6.45) is 1.98. The molecule has 15 heavy (non-hydrogen) atoms. The minimum atomic E-state index is -0.785. The Labute approximate surface area is 87.7 Å². The number of hydrogen-bond donors (Lipinski definition) is 2. The average Bonchev–Trinajstić information content (AvgIpc) is 2.61. The number of aryl methyl sites for hydroxylation is 2. The van der Waals surface area contributed by atoms with Crippen LogP contribution in [0.15, 0.2) is 18.3 Å². The Morgan fingerprint density at radius 3 is 2.87 bits per heavy atom. The molecule has 0 aliphatic rings. The van der Waals surface area contributed by atoms with Gasteiger partial charge in [-0.25, -0.2) is 0 Å². The highest BCUT2D eigenvalue weighted by Crippen LogP contribution is 2.24. The van der Waals surface area contributed by atoms with Gasteiger partial charge in [0.25, 0.3) is 0 Å². The molecule has 3 heteroatoms. The summed E-state index contributed by atoms with van der Waals surface area (Å²) in [4.78, 5) is 13.9. The third-order valence-corrected chi connectivity index (χ3v) is 2.76. The van der Waals surface area contributed by atoms with Gasteiger partial charge in [-0.2, -0.15) is 0 Å². The lowest BCUT2D eigenvalue weighted by molar-refractivity contribution is -0.136. The summed E-state index contributed by atoms with van der Waals surface area (Å²) in [7, 11) is 0. The molecule has 1 heterocycles. The van der Waals surface area contributed by atoms with E-state index < -0.39 is 5.97 Å². The second-order valence-electron chi connectivity index (χ2n) is 3.81. The van der Waals surface area contributed by atoms with Crippen molar-refractivity contribution in [3.63, 3.8) is 0 Å².